The summed E-state index contributed by atoms with van der Waals surface area (Å²) in [6.45, 7) is 3.87. The van der Waals surface area contributed by atoms with Gasteiger partial charge < -0.3 is 19.7 Å². The number of ether oxygens (including phenoxy) is 2. The van der Waals surface area contributed by atoms with Gasteiger partial charge in [-0.1, -0.05) is 0 Å². The summed E-state index contributed by atoms with van der Waals surface area (Å²) >= 11 is 0. The largest absolute Gasteiger partial charge is 0.452 e. The first kappa shape index (κ1) is 17.7. The Hall–Kier alpha value is -2.68. The van der Waals surface area contributed by atoms with Crippen LogP contribution in [0.4, 0.5) is 11.4 Å². The smallest absolute Gasteiger partial charge is 0.341 e. The summed E-state index contributed by atoms with van der Waals surface area (Å²) < 4.78 is 10.2. The standard InChI is InChI=1S/C15H19N3O6/c1-2-16-14(19)10-24-15(20)12-9-11(18(21)22)3-4-13(12)17-5-7-23-8-6-17/h3-4,9H,2,5-8,10H2,1H3,(H,16,19). The number of likely N-dealkylation sites (N-methyl/N-ethyl adjacent to an activating group) is 1. The molecule has 0 atom stereocenters. The number of carbonyl (C=O) groups is 2. The Morgan fingerprint density at radius 3 is 2.71 bits per heavy atom. The van der Waals surface area contributed by atoms with Crippen molar-refractivity contribution in [3.63, 3.8) is 0 Å². The summed E-state index contributed by atoms with van der Waals surface area (Å²) in [6.07, 6.45) is 0. The number of benzene rings is 1. The zero-order valence-corrected chi connectivity index (χ0v) is 13.3. The van der Waals surface area contributed by atoms with Crippen molar-refractivity contribution in [3.05, 3.63) is 33.9 Å². The van der Waals surface area contributed by atoms with E-state index in [1.54, 1.807) is 6.92 Å². The van der Waals surface area contributed by atoms with E-state index in [-0.39, 0.29) is 11.3 Å². The lowest BCUT2D eigenvalue weighted by Crippen LogP contribution is -2.37. The highest BCUT2D eigenvalue weighted by Crippen LogP contribution is 2.27. The van der Waals surface area contributed by atoms with Crippen LogP contribution in [0.25, 0.3) is 0 Å². The van der Waals surface area contributed by atoms with Crippen molar-refractivity contribution in [3.8, 4) is 0 Å². The molecule has 2 rings (SSSR count). The van der Waals surface area contributed by atoms with Crippen molar-refractivity contribution in [1.29, 1.82) is 0 Å². The Balaban J connectivity index is 2.22. The summed E-state index contributed by atoms with van der Waals surface area (Å²) in [6, 6.07) is 4.03. The number of carbonyl (C=O) groups excluding carboxylic acids is 2. The predicted molar refractivity (Wildman–Crippen MR) is 85.1 cm³/mol. The first-order chi connectivity index (χ1) is 11.5. The van der Waals surface area contributed by atoms with Crippen LogP contribution in [0.1, 0.15) is 17.3 Å². The van der Waals surface area contributed by atoms with Crippen LogP contribution in [-0.2, 0) is 14.3 Å². The molecule has 1 aromatic carbocycles. The number of morpholine rings is 1. The molecule has 1 aliphatic rings. The molecule has 130 valence electrons. The minimum atomic E-state index is -0.772. The van der Waals surface area contributed by atoms with Crippen LogP contribution in [0.2, 0.25) is 0 Å². The summed E-state index contributed by atoms with van der Waals surface area (Å²) in [5.41, 5.74) is 0.386. The first-order valence-electron chi connectivity index (χ1n) is 7.58. The highest BCUT2D eigenvalue weighted by molar-refractivity contribution is 5.97. The third kappa shape index (κ3) is 4.42. The lowest BCUT2D eigenvalue weighted by Gasteiger charge is -2.30. The van der Waals surface area contributed by atoms with Crippen LogP contribution in [0.5, 0.6) is 0 Å². The second-order valence-corrected chi connectivity index (χ2v) is 5.09. The van der Waals surface area contributed by atoms with E-state index >= 15 is 0 Å². The molecule has 0 spiro atoms. The predicted octanol–water partition coefficient (Wildman–Crippen LogP) is 0.724. The third-order valence-electron chi connectivity index (χ3n) is 3.47. The van der Waals surface area contributed by atoms with Gasteiger partial charge in [-0.3, -0.25) is 14.9 Å². The molecule has 1 aliphatic heterocycles. The fraction of sp³-hybridized carbons (Fsp3) is 0.467. The number of nitro benzene ring substituents is 1. The van der Waals surface area contributed by atoms with E-state index in [1.165, 1.54) is 18.2 Å². The lowest BCUT2D eigenvalue weighted by atomic mass is 10.1. The van der Waals surface area contributed by atoms with Gasteiger partial charge >= 0.3 is 5.97 Å². The molecule has 1 amide bonds. The van der Waals surface area contributed by atoms with Gasteiger partial charge in [0.25, 0.3) is 11.6 Å². The Bertz CT molecular complexity index is 628. The van der Waals surface area contributed by atoms with Gasteiger partial charge in [-0.2, -0.15) is 0 Å². The number of hydrogen-bond acceptors (Lipinski definition) is 7. The molecule has 0 aliphatic carbocycles. The molecule has 0 radical (unpaired) electrons. The average molecular weight is 337 g/mol. The van der Waals surface area contributed by atoms with Crippen LogP contribution in [0.15, 0.2) is 18.2 Å². The maximum atomic E-state index is 12.3. The van der Waals surface area contributed by atoms with Crippen LogP contribution >= 0.6 is 0 Å². The van der Waals surface area contributed by atoms with Crippen molar-refractivity contribution in [2.24, 2.45) is 0 Å². The van der Waals surface area contributed by atoms with Gasteiger partial charge in [0.1, 0.15) is 0 Å². The Morgan fingerprint density at radius 2 is 2.08 bits per heavy atom. The van der Waals surface area contributed by atoms with E-state index in [1.807, 2.05) is 4.90 Å². The van der Waals surface area contributed by atoms with Gasteiger partial charge in [-0.25, -0.2) is 4.79 Å². The number of amides is 1. The molecule has 1 fully saturated rings. The number of non-ortho nitro benzene ring substituents is 1. The monoisotopic (exact) mass is 337 g/mol. The molecule has 0 aromatic heterocycles. The van der Waals surface area contributed by atoms with E-state index in [0.29, 0.717) is 38.5 Å². The van der Waals surface area contributed by atoms with Crippen molar-refractivity contribution in [2.45, 2.75) is 6.92 Å². The summed E-state index contributed by atoms with van der Waals surface area (Å²) in [5, 5.41) is 13.5. The highest BCUT2D eigenvalue weighted by atomic mass is 16.6. The van der Waals surface area contributed by atoms with E-state index in [4.69, 9.17) is 9.47 Å². The van der Waals surface area contributed by atoms with Crippen molar-refractivity contribution in [2.75, 3.05) is 44.4 Å². The van der Waals surface area contributed by atoms with E-state index in [9.17, 15) is 19.7 Å². The molecule has 1 saturated heterocycles. The maximum absolute atomic E-state index is 12.3. The third-order valence-corrected chi connectivity index (χ3v) is 3.47. The summed E-state index contributed by atoms with van der Waals surface area (Å²) in [5.74, 6) is -1.20. The minimum Gasteiger partial charge on any atom is -0.452 e. The number of nitrogens with zero attached hydrogens (tertiary/aromatic N) is 2. The normalized spacial score (nSPS) is 14.1. The van der Waals surface area contributed by atoms with Crippen LogP contribution < -0.4 is 10.2 Å². The SMILES string of the molecule is CCNC(=O)COC(=O)c1cc([N+](=O)[O-])ccc1N1CCOCC1. The highest BCUT2D eigenvalue weighted by Gasteiger charge is 2.23. The van der Waals surface area contributed by atoms with Gasteiger partial charge in [0.15, 0.2) is 6.61 Å². The van der Waals surface area contributed by atoms with Gasteiger partial charge in [0.05, 0.1) is 29.4 Å². The van der Waals surface area contributed by atoms with Crippen LogP contribution in [0, 0.1) is 10.1 Å². The molecule has 0 saturated carbocycles. The molecule has 1 aromatic rings. The van der Waals surface area contributed by atoms with Gasteiger partial charge in [0, 0.05) is 31.8 Å². The molecule has 0 bridgehead atoms. The van der Waals surface area contributed by atoms with Crippen LogP contribution in [0.3, 0.4) is 0 Å². The maximum Gasteiger partial charge on any atom is 0.341 e. The zero-order chi connectivity index (χ0) is 17.5. The topological polar surface area (TPSA) is 111 Å². The fourth-order valence-electron chi connectivity index (χ4n) is 2.34. The molecule has 1 N–H and O–H groups in total. The van der Waals surface area contributed by atoms with Crippen molar-refractivity contribution >= 4 is 23.3 Å². The number of anilines is 1. The number of rotatable bonds is 6. The Kier molecular flexibility index (Phi) is 6.07. The van der Waals surface area contributed by atoms with E-state index in [0.717, 1.165) is 0 Å². The van der Waals surface area contributed by atoms with E-state index < -0.39 is 23.4 Å². The average Bonchev–Trinajstić information content (AvgIpc) is 2.60. The Morgan fingerprint density at radius 1 is 1.38 bits per heavy atom. The van der Waals surface area contributed by atoms with Gasteiger partial charge in [-0.05, 0) is 13.0 Å². The molecule has 24 heavy (non-hydrogen) atoms. The lowest BCUT2D eigenvalue weighted by molar-refractivity contribution is -0.384. The fourth-order valence-corrected chi connectivity index (χ4v) is 2.34. The molecule has 9 heteroatoms. The molecule has 1 heterocycles. The van der Waals surface area contributed by atoms with Crippen molar-refractivity contribution < 1.29 is 24.0 Å². The zero-order valence-electron chi connectivity index (χ0n) is 13.3. The second kappa shape index (κ2) is 8.25. The summed E-state index contributed by atoms with van der Waals surface area (Å²) in [4.78, 5) is 36.0. The van der Waals surface area contributed by atoms with Crippen LogP contribution in [-0.4, -0.2) is 56.3 Å². The number of hydrogen-bond donors (Lipinski definition) is 1. The number of esters is 1. The molecule has 9 nitrogen and oxygen atoms in total. The second-order valence-electron chi connectivity index (χ2n) is 5.09. The molecular weight excluding hydrogens is 318 g/mol. The quantitative estimate of drug-likeness (QED) is 0.462. The number of nitrogens with one attached hydrogen (secondary N) is 1. The number of nitro groups is 1. The van der Waals surface area contributed by atoms with Gasteiger partial charge in [0.2, 0.25) is 0 Å². The first-order valence-corrected chi connectivity index (χ1v) is 7.58. The molecule has 0 unspecified atom stereocenters. The van der Waals surface area contributed by atoms with Gasteiger partial charge in [-0.15, -0.1) is 0 Å². The minimum absolute atomic E-state index is 0.0652. The Labute approximate surface area is 138 Å². The summed E-state index contributed by atoms with van der Waals surface area (Å²) in [7, 11) is 0. The molecular formula is C15H19N3O6. The van der Waals surface area contributed by atoms with E-state index in [2.05, 4.69) is 5.32 Å². The van der Waals surface area contributed by atoms with Crippen molar-refractivity contribution in [1.82, 2.24) is 5.32 Å².